The molecule has 1 saturated carbocycles. The SMILES string of the molecule is CCCCCCC1(C)CC1CCC. The molecule has 0 heterocycles. The fourth-order valence-electron chi connectivity index (χ4n) is 2.56. The zero-order valence-electron chi connectivity index (χ0n) is 9.73. The molecule has 0 aromatic rings. The van der Waals surface area contributed by atoms with Crippen LogP contribution in [0.25, 0.3) is 0 Å². The molecule has 1 aliphatic carbocycles. The molecule has 0 nitrogen and oxygen atoms in total. The minimum Gasteiger partial charge on any atom is -0.0654 e. The lowest BCUT2D eigenvalue weighted by Crippen LogP contribution is -1.98. The van der Waals surface area contributed by atoms with Gasteiger partial charge in [0.15, 0.2) is 0 Å². The van der Waals surface area contributed by atoms with Gasteiger partial charge in [-0.25, -0.2) is 0 Å². The second-order valence-electron chi connectivity index (χ2n) is 5.15. The molecule has 0 spiro atoms. The molecular weight excluding hydrogens is 156 g/mol. The van der Waals surface area contributed by atoms with E-state index in [1.807, 2.05) is 0 Å². The van der Waals surface area contributed by atoms with E-state index in [1.165, 1.54) is 51.4 Å². The average Bonchev–Trinajstić information content (AvgIpc) is 2.73. The van der Waals surface area contributed by atoms with E-state index in [0.717, 1.165) is 11.3 Å². The van der Waals surface area contributed by atoms with Crippen molar-refractivity contribution in [3.8, 4) is 0 Å². The van der Waals surface area contributed by atoms with Gasteiger partial charge in [-0.15, -0.1) is 0 Å². The largest absolute Gasteiger partial charge is 0.0654 e. The van der Waals surface area contributed by atoms with Crippen molar-refractivity contribution in [1.29, 1.82) is 0 Å². The van der Waals surface area contributed by atoms with E-state index in [-0.39, 0.29) is 0 Å². The maximum Gasteiger partial charge on any atom is -0.0294 e. The summed E-state index contributed by atoms with van der Waals surface area (Å²) in [6.07, 6.45) is 11.6. The quantitative estimate of drug-likeness (QED) is 0.497. The summed E-state index contributed by atoms with van der Waals surface area (Å²) in [5, 5.41) is 0. The highest BCUT2D eigenvalue weighted by Crippen LogP contribution is 2.57. The number of unbranched alkanes of at least 4 members (excludes halogenated alkanes) is 3. The van der Waals surface area contributed by atoms with Gasteiger partial charge in [0.1, 0.15) is 0 Å². The van der Waals surface area contributed by atoms with Gasteiger partial charge >= 0.3 is 0 Å². The minimum atomic E-state index is 0.768. The predicted molar refractivity (Wildman–Crippen MR) is 59.9 cm³/mol. The van der Waals surface area contributed by atoms with Crippen LogP contribution < -0.4 is 0 Å². The van der Waals surface area contributed by atoms with E-state index < -0.39 is 0 Å². The van der Waals surface area contributed by atoms with Crippen LogP contribution in [-0.2, 0) is 0 Å². The third-order valence-corrected chi connectivity index (χ3v) is 3.78. The molecule has 0 saturated heterocycles. The molecule has 78 valence electrons. The molecule has 13 heavy (non-hydrogen) atoms. The molecule has 2 atom stereocenters. The van der Waals surface area contributed by atoms with E-state index in [4.69, 9.17) is 0 Å². The van der Waals surface area contributed by atoms with Gasteiger partial charge in [-0.05, 0) is 24.2 Å². The van der Waals surface area contributed by atoms with Crippen molar-refractivity contribution in [2.75, 3.05) is 0 Å². The summed E-state index contributed by atoms with van der Waals surface area (Å²) in [6.45, 7) is 7.10. The maximum absolute atomic E-state index is 2.50. The zero-order chi connectivity index (χ0) is 9.73. The topological polar surface area (TPSA) is 0 Å². The van der Waals surface area contributed by atoms with Crippen LogP contribution >= 0.6 is 0 Å². The van der Waals surface area contributed by atoms with Crippen LogP contribution in [-0.4, -0.2) is 0 Å². The van der Waals surface area contributed by atoms with Crippen LogP contribution in [0.15, 0.2) is 0 Å². The summed E-state index contributed by atoms with van der Waals surface area (Å²) >= 11 is 0. The molecule has 1 aliphatic rings. The summed E-state index contributed by atoms with van der Waals surface area (Å²) in [4.78, 5) is 0. The Kier molecular flexibility index (Phi) is 4.28. The van der Waals surface area contributed by atoms with Crippen molar-refractivity contribution in [3.05, 3.63) is 0 Å². The van der Waals surface area contributed by atoms with Crippen molar-refractivity contribution >= 4 is 0 Å². The minimum absolute atomic E-state index is 0.768. The van der Waals surface area contributed by atoms with Gasteiger partial charge in [-0.3, -0.25) is 0 Å². The molecule has 2 unspecified atom stereocenters. The summed E-state index contributed by atoms with van der Waals surface area (Å²) in [5.41, 5.74) is 0.768. The Morgan fingerprint density at radius 3 is 2.46 bits per heavy atom. The maximum atomic E-state index is 2.50. The zero-order valence-corrected chi connectivity index (χ0v) is 9.73. The highest BCUT2D eigenvalue weighted by molar-refractivity contribution is 4.97. The fourth-order valence-corrected chi connectivity index (χ4v) is 2.56. The highest BCUT2D eigenvalue weighted by atomic mass is 14.5. The van der Waals surface area contributed by atoms with Crippen LogP contribution in [0.1, 0.15) is 72.1 Å². The molecule has 1 fully saturated rings. The third-order valence-electron chi connectivity index (χ3n) is 3.78. The van der Waals surface area contributed by atoms with Crippen LogP contribution in [0.3, 0.4) is 0 Å². The van der Waals surface area contributed by atoms with Crippen LogP contribution in [0, 0.1) is 11.3 Å². The van der Waals surface area contributed by atoms with Crippen molar-refractivity contribution < 1.29 is 0 Å². The van der Waals surface area contributed by atoms with E-state index in [0.29, 0.717) is 0 Å². The first-order chi connectivity index (χ1) is 6.23. The van der Waals surface area contributed by atoms with E-state index >= 15 is 0 Å². The molecule has 0 amide bonds. The molecule has 0 bridgehead atoms. The first-order valence-corrected chi connectivity index (χ1v) is 6.23. The van der Waals surface area contributed by atoms with Gasteiger partial charge in [0.25, 0.3) is 0 Å². The fraction of sp³-hybridized carbons (Fsp3) is 1.00. The molecule has 1 rings (SSSR count). The lowest BCUT2D eigenvalue weighted by atomic mass is 9.96. The monoisotopic (exact) mass is 182 g/mol. The third kappa shape index (κ3) is 3.32. The summed E-state index contributed by atoms with van der Waals surface area (Å²) in [7, 11) is 0. The van der Waals surface area contributed by atoms with Crippen LogP contribution in [0.2, 0.25) is 0 Å². The van der Waals surface area contributed by atoms with Crippen LogP contribution in [0.5, 0.6) is 0 Å². The van der Waals surface area contributed by atoms with Crippen molar-refractivity contribution in [2.45, 2.75) is 72.1 Å². The van der Waals surface area contributed by atoms with Crippen molar-refractivity contribution in [2.24, 2.45) is 11.3 Å². The highest BCUT2D eigenvalue weighted by Gasteiger charge is 2.47. The van der Waals surface area contributed by atoms with E-state index in [1.54, 1.807) is 0 Å². The van der Waals surface area contributed by atoms with E-state index in [9.17, 15) is 0 Å². The normalized spacial score (nSPS) is 32.1. The Hall–Kier alpha value is 0. The van der Waals surface area contributed by atoms with Crippen LogP contribution in [0.4, 0.5) is 0 Å². The summed E-state index contributed by atoms with van der Waals surface area (Å²) in [5.74, 6) is 1.08. The van der Waals surface area contributed by atoms with Gasteiger partial charge in [-0.2, -0.15) is 0 Å². The Morgan fingerprint density at radius 2 is 1.85 bits per heavy atom. The Balaban J connectivity index is 2.02. The summed E-state index contributed by atoms with van der Waals surface area (Å²) < 4.78 is 0. The van der Waals surface area contributed by atoms with Gasteiger partial charge in [0.05, 0.1) is 0 Å². The second-order valence-corrected chi connectivity index (χ2v) is 5.15. The smallest absolute Gasteiger partial charge is 0.0294 e. The Morgan fingerprint density at radius 1 is 1.08 bits per heavy atom. The predicted octanol–water partition coefficient (Wildman–Crippen LogP) is 4.78. The van der Waals surface area contributed by atoms with Gasteiger partial charge in [-0.1, -0.05) is 59.3 Å². The molecule has 0 heteroatoms. The second kappa shape index (κ2) is 5.02. The van der Waals surface area contributed by atoms with Gasteiger partial charge in [0.2, 0.25) is 0 Å². The first-order valence-electron chi connectivity index (χ1n) is 6.23. The lowest BCUT2D eigenvalue weighted by molar-refractivity contribution is 0.419. The van der Waals surface area contributed by atoms with E-state index in [2.05, 4.69) is 20.8 Å². The van der Waals surface area contributed by atoms with Gasteiger partial charge in [0, 0.05) is 0 Å². The summed E-state index contributed by atoms with van der Waals surface area (Å²) in [6, 6.07) is 0. The number of hydrogen-bond donors (Lipinski definition) is 0. The average molecular weight is 182 g/mol. The standard InChI is InChI=1S/C13H26/c1-4-6-7-8-10-13(3)11-12(13)9-5-2/h12H,4-11H2,1-3H3. The number of rotatable bonds is 7. The molecule has 0 N–H and O–H groups in total. The van der Waals surface area contributed by atoms with Crippen molar-refractivity contribution in [3.63, 3.8) is 0 Å². The number of hydrogen-bond acceptors (Lipinski definition) is 0. The molecule has 0 aromatic carbocycles. The van der Waals surface area contributed by atoms with Crippen molar-refractivity contribution in [1.82, 2.24) is 0 Å². The molecule has 0 radical (unpaired) electrons. The molecule has 0 aromatic heterocycles. The lowest BCUT2D eigenvalue weighted by Gasteiger charge is -2.10. The van der Waals surface area contributed by atoms with Gasteiger partial charge < -0.3 is 0 Å². The molecular formula is C13H26. The first kappa shape index (κ1) is 11.1. The molecule has 0 aliphatic heterocycles. The Bertz CT molecular complexity index is 139. The Labute approximate surface area is 84.1 Å².